The molecule has 8 heteroatoms. The van der Waals surface area contributed by atoms with Gasteiger partial charge in [0, 0.05) is 25.6 Å². The second kappa shape index (κ2) is 10.8. The SMILES string of the molecule is CCCCN1CC(C)N(S(=O)(=O)c2ccc(CCNC(=O)C(CC)CC)cc2)C1=N. The summed E-state index contributed by atoms with van der Waals surface area (Å²) in [6.07, 6.45) is 4.24. The van der Waals surface area contributed by atoms with Crippen LogP contribution in [0.3, 0.4) is 0 Å². The molecule has 0 aromatic heterocycles. The predicted molar refractivity (Wildman–Crippen MR) is 120 cm³/mol. The van der Waals surface area contributed by atoms with Gasteiger partial charge in [-0.1, -0.05) is 39.3 Å². The molecule has 1 aromatic rings. The monoisotopic (exact) mass is 436 g/mol. The number of guanidine groups is 1. The third kappa shape index (κ3) is 5.53. The van der Waals surface area contributed by atoms with Gasteiger partial charge in [0.2, 0.25) is 11.9 Å². The Morgan fingerprint density at radius 1 is 1.20 bits per heavy atom. The molecule has 0 spiro atoms. The standard InChI is InChI=1S/C22H36N4O3S/c1-5-8-15-25-16-17(4)26(22(25)23)30(28,29)20-11-9-18(10-12-20)13-14-24-21(27)19(6-2)7-3/h9-12,17,19,23H,5-8,13-16H2,1-4H3,(H,24,27). The van der Waals surface area contributed by atoms with E-state index in [0.29, 0.717) is 26.1 Å². The molecule has 0 radical (unpaired) electrons. The number of nitrogens with one attached hydrogen (secondary N) is 2. The van der Waals surface area contributed by atoms with E-state index >= 15 is 0 Å². The van der Waals surface area contributed by atoms with Crippen LogP contribution in [0.15, 0.2) is 29.2 Å². The van der Waals surface area contributed by atoms with Gasteiger partial charge in [-0.15, -0.1) is 0 Å². The summed E-state index contributed by atoms with van der Waals surface area (Å²) in [6, 6.07) is 6.51. The van der Waals surface area contributed by atoms with Crippen molar-refractivity contribution in [3.8, 4) is 0 Å². The molecule has 1 aliphatic heterocycles. The summed E-state index contributed by atoms with van der Waals surface area (Å²) in [5, 5.41) is 11.3. The van der Waals surface area contributed by atoms with E-state index in [1.54, 1.807) is 24.3 Å². The number of hydrogen-bond donors (Lipinski definition) is 2. The fraction of sp³-hybridized carbons (Fsp3) is 0.636. The van der Waals surface area contributed by atoms with Crippen LogP contribution in [0.5, 0.6) is 0 Å². The van der Waals surface area contributed by atoms with Gasteiger partial charge in [-0.3, -0.25) is 10.2 Å². The maximum Gasteiger partial charge on any atom is 0.266 e. The van der Waals surface area contributed by atoms with Gasteiger partial charge in [-0.25, -0.2) is 12.7 Å². The van der Waals surface area contributed by atoms with Crippen molar-refractivity contribution in [2.45, 2.75) is 70.7 Å². The highest BCUT2D eigenvalue weighted by Gasteiger charge is 2.40. The van der Waals surface area contributed by atoms with Crippen LogP contribution >= 0.6 is 0 Å². The molecule has 7 nitrogen and oxygen atoms in total. The largest absolute Gasteiger partial charge is 0.356 e. The number of unbranched alkanes of at least 4 members (excludes halogenated alkanes) is 1. The molecule has 1 unspecified atom stereocenters. The highest BCUT2D eigenvalue weighted by Crippen LogP contribution is 2.25. The molecule has 1 atom stereocenters. The van der Waals surface area contributed by atoms with E-state index in [2.05, 4.69) is 12.2 Å². The minimum Gasteiger partial charge on any atom is -0.356 e. The first-order chi connectivity index (χ1) is 14.3. The molecule has 1 amide bonds. The molecule has 168 valence electrons. The summed E-state index contributed by atoms with van der Waals surface area (Å²) in [5.41, 5.74) is 0.966. The van der Waals surface area contributed by atoms with Crippen molar-refractivity contribution in [2.75, 3.05) is 19.6 Å². The molecular formula is C22H36N4O3S. The topological polar surface area (TPSA) is 93.6 Å². The van der Waals surface area contributed by atoms with Crippen molar-refractivity contribution >= 4 is 21.9 Å². The zero-order valence-electron chi connectivity index (χ0n) is 18.6. The zero-order valence-corrected chi connectivity index (χ0v) is 19.5. The first-order valence-corrected chi connectivity index (χ1v) is 12.4. The number of hydrogen-bond acceptors (Lipinski definition) is 4. The van der Waals surface area contributed by atoms with Crippen LogP contribution < -0.4 is 5.32 Å². The van der Waals surface area contributed by atoms with Crippen molar-refractivity contribution in [2.24, 2.45) is 5.92 Å². The Labute approximate surface area is 181 Å². The Morgan fingerprint density at radius 2 is 1.83 bits per heavy atom. The number of sulfonamides is 1. The number of amides is 1. The minimum atomic E-state index is -3.77. The van der Waals surface area contributed by atoms with E-state index in [9.17, 15) is 13.2 Å². The maximum absolute atomic E-state index is 13.1. The van der Waals surface area contributed by atoms with Gasteiger partial charge >= 0.3 is 0 Å². The molecule has 1 aliphatic rings. The summed E-state index contributed by atoms with van der Waals surface area (Å²) < 4.78 is 27.5. The zero-order chi connectivity index (χ0) is 22.3. The lowest BCUT2D eigenvalue weighted by molar-refractivity contribution is -0.125. The summed E-state index contributed by atoms with van der Waals surface area (Å²) >= 11 is 0. The fourth-order valence-electron chi connectivity index (χ4n) is 3.80. The van der Waals surface area contributed by atoms with Gasteiger partial charge in [0.1, 0.15) is 0 Å². The quantitative estimate of drug-likeness (QED) is 0.557. The third-order valence-electron chi connectivity index (χ3n) is 5.72. The van der Waals surface area contributed by atoms with E-state index < -0.39 is 10.0 Å². The van der Waals surface area contributed by atoms with Gasteiger partial charge < -0.3 is 10.2 Å². The second-order valence-electron chi connectivity index (χ2n) is 7.97. The summed E-state index contributed by atoms with van der Waals surface area (Å²) in [6.45, 7) is 9.72. The Kier molecular flexibility index (Phi) is 8.70. The molecule has 1 saturated heterocycles. The van der Waals surface area contributed by atoms with Crippen molar-refractivity contribution in [3.63, 3.8) is 0 Å². The number of rotatable bonds is 11. The highest BCUT2D eigenvalue weighted by molar-refractivity contribution is 7.89. The third-order valence-corrected chi connectivity index (χ3v) is 7.64. The van der Waals surface area contributed by atoms with E-state index in [0.717, 1.165) is 31.2 Å². The second-order valence-corrected chi connectivity index (χ2v) is 9.79. The smallest absolute Gasteiger partial charge is 0.266 e. The average molecular weight is 437 g/mol. The van der Waals surface area contributed by atoms with Crippen LogP contribution in [0.4, 0.5) is 0 Å². The lowest BCUT2D eigenvalue weighted by Crippen LogP contribution is -2.39. The van der Waals surface area contributed by atoms with E-state index in [4.69, 9.17) is 5.41 Å². The van der Waals surface area contributed by atoms with Gasteiger partial charge in [-0.2, -0.15) is 0 Å². The molecule has 1 heterocycles. The summed E-state index contributed by atoms with van der Waals surface area (Å²) in [4.78, 5) is 14.1. The normalized spacial score (nSPS) is 17.1. The first-order valence-electron chi connectivity index (χ1n) is 11.0. The molecule has 1 aromatic carbocycles. The van der Waals surface area contributed by atoms with Crippen LogP contribution in [-0.4, -0.2) is 55.2 Å². The Bertz CT molecular complexity index is 819. The number of benzene rings is 1. The highest BCUT2D eigenvalue weighted by atomic mass is 32.2. The molecule has 1 fully saturated rings. The summed E-state index contributed by atoms with van der Waals surface area (Å²) in [5.74, 6) is 0.185. The molecular weight excluding hydrogens is 400 g/mol. The van der Waals surface area contributed by atoms with Crippen LogP contribution in [0.1, 0.15) is 58.9 Å². The van der Waals surface area contributed by atoms with E-state index in [-0.39, 0.29) is 28.7 Å². The Hall–Kier alpha value is -2.09. The lowest BCUT2D eigenvalue weighted by atomic mass is 10.0. The fourth-order valence-corrected chi connectivity index (χ4v) is 5.39. The molecule has 0 bridgehead atoms. The van der Waals surface area contributed by atoms with Gasteiger partial charge in [0.15, 0.2) is 0 Å². The maximum atomic E-state index is 13.1. The number of nitrogens with zero attached hydrogens (tertiary/aromatic N) is 2. The minimum absolute atomic E-state index is 0.0483. The van der Waals surface area contributed by atoms with Crippen LogP contribution in [-0.2, 0) is 21.2 Å². The lowest BCUT2D eigenvalue weighted by Gasteiger charge is -2.23. The van der Waals surface area contributed by atoms with Gasteiger partial charge in [0.25, 0.3) is 10.0 Å². The van der Waals surface area contributed by atoms with Crippen LogP contribution in [0, 0.1) is 11.3 Å². The van der Waals surface area contributed by atoms with Crippen LogP contribution in [0.25, 0.3) is 0 Å². The molecule has 30 heavy (non-hydrogen) atoms. The number of carbonyl (C=O) groups excluding carboxylic acids is 1. The van der Waals surface area contributed by atoms with Crippen molar-refractivity contribution in [1.29, 1.82) is 5.41 Å². The van der Waals surface area contributed by atoms with E-state index in [1.165, 1.54) is 4.31 Å². The van der Waals surface area contributed by atoms with Gasteiger partial charge in [0.05, 0.1) is 10.9 Å². The van der Waals surface area contributed by atoms with Crippen molar-refractivity contribution in [1.82, 2.24) is 14.5 Å². The summed E-state index contributed by atoms with van der Waals surface area (Å²) in [7, 11) is -3.77. The molecule has 2 rings (SSSR count). The van der Waals surface area contributed by atoms with Crippen molar-refractivity contribution in [3.05, 3.63) is 29.8 Å². The predicted octanol–water partition coefficient (Wildman–Crippen LogP) is 3.21. The first kappa shape index (κ1) is 24.2. The average Bonchev–Trinajstić information content (AvgIpc) is 3.01. The van der Waals surface area contributed by atoms with Gasteiger partial charge in [-0.05, 0) is 50.3 Å². The van der Waals surface area contributed by atoms with Crippen molar-refractivity contribution < 1.29 is 13.2 Å². The number of carbonyl (C=O) groups is 1. The Balaban J connectivity index is 2.01. The van der Waals surface area contributed by atoms with E-state index in [1.807, 2.05) is 25.7 Å². The molecule has 0 aliphatic carbocycles. The molecule has 2 N–H and O–H groups in total. The Morgan fingerprint density at radius 3 is 2.40 bits per heavy atom. The molecule has 0 saturated carbocycles. The van der Waals surface area contributed by atoms with Crippen LogP contribution in [0.2, 0.25) is 0 Å².